The predicted octanol–water partition coefficient (Wildman–Crippen LogP) is 17.6. The van der Waals surface area contributed by atoms with Gasteiger partial charge in [0.2, 0.25) is 0 Å². The van der Waals surface area contributed by atoms with Crippen LogP contribution in [-0.2, 0) is 0 Å². The van der Waals surface area contributed by atoms with E-state index in [0.717, 1.165) is 40.3 Å². The summed E-state index contributed by atoms with van der Waals surface area (Å²) in [7, 11) is 0. The lowest BCUT2D eigenvalue weighted by Gasteiger charge is -2.48. The summed E-state index contributed by atoms with van der Waals surface area (Å²) in [4.78, 5) is 0. The summed E-state index contributed by atoms with van der Waals surface area (Å²) in [5.41, 5.74) is 23.7. The molecule has 0 saturated heterocycles. The second kappa shape index (κ2) is 12.5. The van der Waals surface area contributed by atoms with Gasteiger partial charge in [-0.2, -0.15) is 10.5 Å². The Kier molecular flexibility index (Phi) is 6.57. The minimum Gasteiger partial charge on any atom is -0.308 e. The molecule has 24 rings (SSSR count). The zero-order chi connectivity index (χ0) is 47.5. The number of nitriles is 2. The maximum atomic E-state index is 11.5. The molecule has 8 aromatic carbocycles. The van der Waals surface area contributed by atoms with Gasteiger partial charge in [-0.15, -0.1) is 0 Å². The van der Waals surface area contributed by atoms with Gasteiger partial charge in [-0.3, -0.25) is 0 Å². The number of nitrogens with zero attached hydrogens (tertiary/aromatic N) is 3. The summed E-state index contributed by atoms with van der Waals surface area (Å²) in [6, 6.07) is 42.7. The van der Waals surface area contributed by atoms with Crippen molar-refractivity contribution in [3.05, 3.63) is 169 Å². The van der Waals surface area contributed by atoms with E-state index in [9.17, 15) is 10.5 Å². The van der Waals surface area contributed by atoms with Crippen LogP contribution in [0.4, 0.5) is 0 Å². The van der Waals surface area contributed by atoms with Gasteiger partial charge in [0.25, 0.3) is 0 Å². The molecule has 14 aliphatic carbocycles. The van der Waals surface area contributed by atoms with Crippen LogP contribution in [0.5, 0.6) is 0 Å². The number of rotatable bonds is 0. The Balaban J connectivity index is 1.00. The smallest absolute Gasteiger partial charge is 0.0995 e. The van der Waals surface area contributed by atoms with Crippen LogP contribution in [0.2, 0.25) is 0 Å². The van der Waals surface area contributed by atoms with Crippen LogP contribution in [0, 0.1) is 51.7 Å². The van der Waals surface area contributed by atoms with E-state index < -0.39 is 0 Å². The molecule has 14 aliphatic rings. The van der Waals surface area contributed by atoms with E-state index >= 15 is 0 Å². The lowest BCUT2D eigenvalue weighted by atomic mass is 9.56. The number of benzene rings is 8. The van der Waals surface area contributed by atoms with Crippen LogP contribution in [0.15, 0.2) is 91.0 Å². The van der Waals surface area contributed by atoms with Crippen LogP contribution >= 0.6 is 0 Å². The molecule has 6 fully saturated rings. The molecule has 3 nitrogen and oxygen atoms in total. The van der Waals surface area contributed by atoms with Crippen molar-refractivity contribution < 1.29 is 0 Å². The van der Waals surface area contributed by atoms with Gasteiger partial charge in [-0.05, 0) is 291 Å². The number of hydrogen-bond acceptors (Lipinski definition) is 2. The molecule has 2 aromatic heterocycles. The lowest BCUT2D eigenvalue weighted by molar-refractivity contribution is 0.00322. The van der Waals surface area contributed by atoms with Crippen molar-refractivity contribution in [3.8, 4) is 12.1 Å². The summed E-state index contributed by atoms with van der Waals surface area (Å²) in [6.07, 6.45) is 18.8. The quantitative estimate of drug-likeness (QED) is 0.142. The largest absolute Gasteiger partial charge is 0.308 e. The Morgan fingerprint density at radius 1 is 0.392 bits per heavy atom. The van der Waals surface area contributed by atoms with Crippen molar-refractivity contribution in [1.82, 2.24) is 4.40 Å². The Labute approximate surface area is 430 Å². The normalized spacial score (nSPS) is 33.2. The fourth-order valence-electron chi connectivity index (χ4n) is 22.4. The van der Waals surface area contributed by atoms with Gasteiger partial charge in [0.05, 0.1) is 39.8 Å². The fourth-order valence-corrected chi connectivity index (χ4v) is 22.4. The SMILES string of the molecule is N#Cc1cc2c(c3c1C1CCC3CC1)c1c3c4cc5c(cc4c4cc6c(cc4c3cc3c4c7c(c(C#N)cc4n2c31)C1c2ccccc2C7c2ccccc21)C1CC2CC3CC6CC32C1)C1CC2CC(C1)CC5C2. The van der Waals surface area contributed by atoms with Crippen molar-refractivity contribution in [2.75, 3.05) is 0 Å². The molecule has 74 heavy (non-hydrogen) atoms. The first-order valence-corrected chi connectivity index (χ1v) is 29.3. The van der Waals surface area contributed by atoms with Crippen LogP contribution < -0.4 is 0 Å². The molecule has 11 bridgehead atoms. The summed E-state index contributed by atoms with van der Waals surface area (Å²) in [5, 5.41) is 37.3. The van der Waals surface area contributed by atoms with E-state index in [2.05, 4.69) is 108 Å². The van der Waals surface area contributed by atoms with E-state index in [4.69, 9.17) is 0 Å². The maximum Gasteiger partial charge on any atom is 0.0995 e. The van der Waals surface area contributed by atoms with Gasteiger partial charge in [0, 0.05) is 38.8 Å². The molecule has 354 valence electrons. The Morgan fingerprint density at radius 2 is 0.878 bits per heavy atom. The van der Waals surface area contributed by atoms with E-state index in [1.165, 1.54) is 199 Å². The van der Waals surface area contributed by atoms with E-state index in [-0.39, 0.29) is 11.8 Å². The van der Waals surface area contributed by atoms with Crippen LogP contribution in [0.3, 0.4) is 0 Å². The highest BCUT2D eigenvalue weighted by Gasteiger charge is 2.65. The van der Waals surface area contributed by atoms with E-state index in [0.29, 0.717) is 40.9 Å². The van der Waals surface area contributed by atoms with Gasteiger partial charge in [0.1, 0.15) is 0 Å². The molecule has 1 spiro atoms. The van der Waals surface area contributed by atoms with Crippen molar-refractivity contribution in [1.29, 1.82) is 10.5 Å². The van der Waals surface area contributed by atoms with E-state index in [1.807, 2.05) is 0 Å². The third-order valence-corrected chi connectivity index (χ3v) is 24.7. The Bertz CT molecular complexity index is 4460. The molecule has 7 atom stereocenters. The minimum absolute atomic E-state index is 0.000180. The molecular weight excluding hydrogens is 895 g/mol. The Hall–Kier alpha value is -6.68. The molecule has 0 N–H and O–H groups in total. The highest BCUT2D eigenvalue weighted by Crippen LogP contribution is 2.76. The first-order valence-electron chi connectivity index (χ1n) is 29.3. The minimum atomic E-state index is -0.000180. The zero-order valence-electron chi connectivity index (χ0n) is 41.8. The fraction of sp³-hybridized carbons (Fsp3) is 0.380. The Morgan fingerprint density at radius 3 is 1.46 bits per heavy atom. The number of aromatic nitrogens is 1. The van der Waals surface area contributed by atoms with Gasteiger partial charge in [-0.1, -0.05) is 48.5 Å². The molecule has 0 aliphatic heterocycles. The molecule has 10 aromatic rings. The second-order valence-corrected chi connectivity index (χ2v) is 27.1. The monoisotopic (exact) mass is 949 g/mol. The van der Waals surface area contributed by atoms with Crippen molar-refractivity contribution in [2.45, 2.75) is 137 Å². The average Bonchev–Trinajstić information content (AvgIpc) is 4.10. The van der Waals surface area contributed by atoms with Crippen molar-refractivity contribution >= 4 is 70.4 Å². The standard InChI is InChI=1S/C71H55N3/c72-30-40-20-59-67(61-35-11-9-34(10-12-35)60(40)61)69-65-55-26-49-37-16-32-13-33(17-37)15-36(14-32)48(49)23-53(55)52-24-50-38-18-42-22-43-19-39(29-71(42,43)28-38)51(50)25-54(52)56(65)27-57-66-58(74(59)70(57)69)21-41(31-73)62-63-44-5-1-3-7-46(44)64(68(62)66)47-8-4-2-6-45(47)63/h1-8,20-21,23-27,32-39,42-43,63-64H,9-19,22,28-29H2. The van der Waals surface area contributed by atoms with Gasteiger partial charge in [0.15, 0.2) is 0 Å². The number of fused-ring (bicyclic) bond motifs is 20. The third-order valence-electron chi connectivity index (χ3n) is 24.7. The first-order chi connectivity index (χ1) is 36.5. The first kappa shape index (κ1) is 38.8. The highest BCUT2D eigenvalue weighted by molar-refractivity contribution is 6.41. The topological polar surface area (TPSA) is 52.0 Å². The molecule has 6 saturated carbocycles. The van der Waals surface area contributed by atoms with Crippen LogP contribution in [0.25, 0.3) is 70.4 Å². The molecular formula is C71H55N3. The lowest BCUT2D eigenvalue weighted by Crippen LogP contribution is -2.41. The summed E-state index contributed by atoms with van der Waals surface area (Å²) >= 11 is 0. The summed E-state index contributed by atoms with van der Waals surface area (Å²) < 4.78 is 2.62. The number of hydrogen-bond donors (Lipinski definition) is 0. The van der Waals surface area contributed by atoms with Gasteiger partial charge >= 0.3 is 0 Å². The van der Waals surface area contributed by atoms with Gasteiger partial charge < -0.3 is 4.40 Å². The van der Waals surface area contributed by atoms with E-state index in [1.54, 1.807) is 22.3 Å². The van der Waals surface area contributed by atoms with Crippen molar-refractivity contribution in [2.24, 2.45) is 29.1 Å². The van der Waals surface area contributed by atoms with Crippen molar-refractivity contribution in [3.63, 3.8) is 0 Å². The molecule has 3 heteroatoms. The second-order valence-electron chi connectivity index (χ2n) is 27.1. The highest BCUT2D eigenvalue weighted by atomic mass is 14.9. The maximum absolute atomic E-state index is 11.5. The third kappa shape index (κ3) is 4.15. The molecule has 0 radical (unpaired) electrons. The van der Waals surface area contributed by atoms with Gasteiger partial charge in [-0.25, -0.2) is 0 Å². The molecule has 7 unspecified atom stereocenters. The average molecular weight is 950 g/mol. The predicted molar refractivity (Wildman–Crippen MR) is 295 cm³/mol. The molecule has 0 amide bonds. The summed E-state index contributed by atoms with van der Waals surface area (Å²) in [6.45, 7) is 0. The zero-order valence-corrected chi connectivity index (χ0v) is 41.8. The van der Waals surface area contributed by atoms with Crippen LogP contribution in [0.1, 0.15) is 215 Å². The molecule has 2 heterocycles. The summed E-state index contributed by atoms with van der Waals surface area (Å²) in [5.74, 6) is 7.19. The van der Waals surface area contributed by atoms with Crippen LogP contribution in [-0.4, -0.2) is 4.40 Å².